The standard InChI is InChI=1S/C3H9ClSi.C3H10Si/c4-2-1-3-5;1-2-3-4/h1-3H2,5H3;2-3H2,1,4H3. The highest BCUT2D eigenvalue weighted by Crippen LogP contribution is 1.84. The Morgan fingerprint density at radius 1 is 1.22 bits per heavy atom. The predicted octanol–water partition coefficient (Wildman–Crippen LogP) is 0.579. The van der Waals surface area contributed by atoms with Crippen LogP contribution in [0.5, 0.6) is 0 Å². The molecule has 0 atom stereocenters. The lowest BCUT2D eigenvalue weighted by Gasteiger charge is -1.77. The van der Waals surface area contributed by atoms with Crippen molar-refractivity contribution in [3.05, 3.63) is 0 Å². The monoisotopic (exact) mass is 182 g/mol. The van der Waals surface area contributed by atoms with Crippen LogP contribution in [-0.2, 0) is 0 Å². The van der Waals surface area contributed by atoms with Crippen molar-refractivity contribution in [3.63, 3.8) is 0 Å². The summed E-state index contributed by atoms with van der Waals surface area (Å²) in [4.78, 5) is 0. The summed E-state index contributed by atoms with van der Waals surface area (Å²) < 4.78 is 0. The van der Waals surface area contributed by atoms with Crippen molar-refractivity contribution in [2.75, 3.05) is 5.88 Å². The fraction of sp³-hybridized carbons (Fsp3) is 1.00. The lowest BCUT2D eigenvalue weighted by molar-refractivity contribution is 1.08. The van der Waals surface area contributed by atoms with E-state index < -0.39 is 0 Å². The zero-order valence-electron chi connectivity index (χ0n) is 6.91. The van der Waals surface area contributed by atoms with Gasteiger partial charge >= 0.3 is 0 Å². The summed E-state index contributed by atoms with van der Waals surface area (Å²) in [6.45, 7) is 2.22. The van der Waals surface area contributed by atoms with Gasteiger partial charge in [-0.1, -0.05) is 25.4 Å². The summed E-state index contributed by atoms with van der Waals surface area (Å²) >= 11 is 5.32. The van der Waals surface area contributed by atoms with E-state index in [-0.39, 0.29) is 0 Å². The molecule has 0 aliphatic carbocycles. The summed E-state index contributed by atoms with van der Waals surface area (Å²) in [7, 11) is 2.70. The topological polar surface area (TPSA) is 0 Å². The average Bonchev–Trinajstić information content (AvgIpc) is 1.91. The first kappa shape index (κ1) is 12.4. The van der Waals surface area contributed by atoms with Gasteiger partial charge in [-0.2, -0.15) is 0 Å². The molecule has 0 radical (unpaired) electrons. The molecule has 0 amide bonds. The Hall–Kier alpha value is 0.724. The first-order valence-electron chi connectivity index (χ1n) is 3.89. The van der Waals surface area contributed by atoms with Crippen LogP contribution in [0.3, 0.4) is 0 Å². The molecule has 0 aromatic carbocycles. The van der Waals surface area contributed by atoms with Gasteiger partial charge in [0.05, 0.1) is 0 Å². The van der Waals surface area contributed by atoms with Gasteiger partial charge in [0.25, 0.3) is 0 Å². The molecule has 0 spiro atoms. The Morgan fingerprint density at radius 3 is 1.67 bits per heavy atom. The zero-order valence-corrected chi connectivity index (χ0v) is 11.7. The van der Waals surface area contributed by atoms with Gasteiger partial charge in [-0.05, 0) is 6.42 Å². The lowest BCUT2D eigenvalue weighted by atomic mass is 10.6. The predicted molar refractivity (Wildman–Crippen MR) is 55.1 cm³/mol. The van der Waals surface area contributed by atoms with Crippen molar-refractivity contribution in [2.45, 2.75) is 31.9 Å². The normalized spacial score (nSPS) is 8.67. The van der Waals surface area contributed by atoms with E-state index in [1.807, 2.05) is 0 Å². The number of hydrogen-bond donors (Lipinski definition) is 0. The third kappa shape index (κ3) is 28.4. The highest BCUT2D eigenvalue weighted by atomic mass is 35.5. The third-order valence-electron chi connectivity index (χ3n) is 0.987. The van der Waals surface area contributed by atoms with Crippen LogP contribution in [0.25, 0.3) is 0 Å². The minimum atomic E-state index is 0.851. The van der Waals surface area contributed by atoms with Gasteiger partial charge < -0.3 is 0 Å². The molecule has 0 saturated heterocycles. The Morgan fingerprint density at radius 2 is 1.67 bits per heavy atom. The van der Waals surface area contributed by atoms with Crippen molar-refractivity contribution in [1.29, 1.82) is 0 Å². The number of halogens is 1. The van der Waals surface area contributed by atoms with E-state index in [1.54, 1.807) is 0 Å². The van der Waals surface area contributed by atoms with E-state index in [4.69, 9.17) is 11.6 Å². The van der Waals surface area contributed by atoms with Crippen molar-refractivity contribution in [2.24, 2.45) is 0 Å². The first-order chi connectivity index (χ1) is 4.33. The van der Waals surface area contributed by atoms with Crippen molar-refractivity contribution in [3.8, 4) is 0 Å². The zero-order chi connectivity index (χ0) is 7.54. The second kappa shape index (κ2) is 15.9. The summed E-state index contributed by atoms with van der Waals surface area (Å²) in [5, 5.41) is 0. The summed E-state index contributed by atoms with van der Waals surface area (Å²) in [6, 6.07) is 2.81. The molecule has 3 heteroatoms. The molecule has 0 fully saturated rings. The van der Waals surface area contributed by atoms with Crippen LogP contribution in [0, 0.1) is 0 Å². The molecule has 9 heavy (non-hydrogen) atoms. The molecule has 0 aliphatic heterocycles. The number of hydrogen-bond acceptors (Lipinski definition) is 0. The van der Waals surface area contributed by atoms with Crippen LogP contribution in [-0.4, -0.2) is 26.4 Å². The summed E-state index contributed by atoms with van der Waals surface area (Å²) in [6.07, 6.45) is 2.60. The van der Waals surface area contributed by atoms with E-state index in [0.717, 1.165) is 5.88 Å². The molecule has 0 heterocycles. The molecule has 0 N–H and O–H groups in total. The van der Waals surface area contributed by atoms with E-state index in [1.165, 1.54) is 45.4 Å². The second-order valence-electron chi connectivity index (χ2n) is 2.04. The SMILES string of the molecule is CCC[SiH3].[SiH3]CCCCl. The molecular weight excluding hydrogens is 164 g/mol. The van der Waals surface area contributed by atoms with Gasteiger partial charge in [0.2, 0.25) is 0 Å². The van der Waals surface area contributed by atoms with Gasteiger partial charge in [0.15, 0.2) is 0 Å². The van der Waals surface area contributed by atoms with E-state index in [9.17, 15) is 0 Å². The van der Waals surface area contributed by atoms with Crippen molar-refractivity contribution in [1.82, 2.24) is 0 Å². The van der Waals surface area contributed by atoms with Crippen molar-refractivity contribution >= 4 is 32.1 Å². The smallest absolute Gasteiger partial charge is 0.0220 e. The molecule has 0 aliphatic rings. The van der Waals surface area contributed by atoms with E-state index in [2.05, 4.69) is 6.92 Å². The highest BCUT2D eigenvalue weighted by molar-refractivity contribution is 6.18. The van der Waals surface area contributed by atoms with Gasteiger partial charge in [-0.25, -0.2) is 0 Å². The molecule has 0 nitrogen and oxygen atoms in total. The fourth-order valence-electron chi connectivity index (χ4n) is 0.134. The van der Waals surface area contributed by atoms with Gasteiger partial charge in [0.1, 0.15) is 0 Å². The summed E-state index contributed by atoms with van der Waals surface area (Å²) in [5.41, 5.74) is 0. The molecule has 58 valence electrons. The Bertz CT molecular complexity index is 30.2. The van der Waals surface area contributed by atoms with Crippen molar-refractivity contribution < 1.29 is 0 Å². The summed E-state index contributed by atoms with van der Waals surface area (Å²) in [5.74, 6) is 0.851. The second-order valence-corrected chi connectivity index (χ2v) is 4.42. The number of rotatable bonds is 3. The van der Waals surface area contributed by atoms with Gasteiger partial charge in [0, 0.05) is 26.4 Å². The van der Waals surface area contributed by atoms with E-state index >= 15 is 0 Å². The van der Waals surface area contributed by atoms with Crippen LogP contribution in [0.1, 0.15) is 19.8 Å². The highest BCUT2D eigenvalue weighted by Gasteiger charge is 1.70. The minimum absolute atomic E-state index is 0.851. The van der Waals surface area contributed by atoms with Crippen LogP contribution in [0.15, 0.2) is 0 Å². The molecule has 0 aromatic heterocycles. The van der Waals surface area contributed by atoms with Crippen LogP contribution in [0.4, 0.5) is 0 Å². The quantitative estimate of drug-likeness (QED) is 0.443. The Labute approximate surface area is 70.2 Å². The minimum Gasteiger partial charge on any atom is -0.127 e. The molecular formula is C6H19ClSi2. The fourth-order valence-corrected chi connectivity index (χ4v) is 1.20. The first-order valence-corrected chi connectivity index (χ1v) is 7.25. The molecule has 0 unspecified atom stereocenters. The average molecular weight is 183 g/mol. The number of alkyl halides is 1. The van der Waals surface area contributed by atoms with Gasteiger partial charge in [-0.15, -0.1) is 11.6 Å². The third-order valence-corrected chi connectivity index (χ3v) is 2.96. The van der Waals surface area contributed by atoms with Gasteiger partial charge in [-0.3, -0.25) is 0 Å². The molecule has 0 rings (SSSR count). The Balaban J connectivity index is 0. The van der Waals surface area contributed by atoms with Crippen LogP contribution in [0.2, 0.25) is 12.1 Å². The maximum Gasteiger partial charge on any atom is 0.0220 e. The molecule has 0 bridgehead atoms. The van der Waals surface area contributed by atoms with Crippen LogP contribution >= 0.6 is 11.6 Å². The largest absolute Gasteiger partial charge is 0.127 e. The van der Waals surface area contributed by atoms with Crippen LogP contribution < -0.4 is 0 Å². The maximum atomic E-state index is 5.32. The van der Waals surface area contributed by atoms with E-state index in [0.29, 0.717) is 0 Å². The lowest BCUT2D eigenvalue weighted by Crippen LogP contribution is -1.68. The molecule has 0 saturated carbocycles. The Kier molecular flexibility index (Phi) is 21.9. The molecule has 0 aromatic rings. The maximum absolute atomic E-state index is 5.32.